The molecule has 54 valence electrons. The van der Waals surface area contributed by atoms with E-state index in [2.05, 4.69) is 29.5 Å². The van der Waals surface area contributed by atoms with Gasteiger partial charge in [-0.1, -0.05) is 22.6 Å². The fraction of sp³-hybridized carbons (Fsp3) is 1.00. The Kier molecular flexibility index (Phi) is 2.34. The van der Waals surface area contributed by atoms with E-state index in [0.717, 1.165) is 17.5 Å². The third-order valence-corrected chi connectivity index (χ3v) is 3.13. The minimum atomic E-state index is -0.0278. The molecule has 1 heterocycles. The molecule has 0 bridgehead atoms. The highest BCUT2D eigenvalue weighted by atomic mass is 127. The maximum absolute atomic E-state index is 5.92. The van der Waals surface area contributed by atoms with Crippen LogP contribution in [-0.4, -0.2) is 22.7 Å². The number of halogens is 1. The van der Waals surface area contributed by atoms with E-state index in [4.69, 9.17) is 10.5 Å². The SMILES string of the molecule is CC1CC(N)(CI)CO1. The standard InChI is InChI=1S/C6H12INO/c1-5-2-6(8,3-7)4-9-5/h5H,2-4,8H2,1H3. The molecule has 0 saturated carbocycles. The third kappa shape index (κ3) is 1.78. The minimum absolute atomic E-state index is 0.0278. The molecule has 0 aromatic heterocycles. The molecule has 1 aliphatic heterocycles. The average molecular weight is 241 g/mol. The summed E-state index contributed by atoms with van der Waals surface area (Å²) in [5.41, 5.74) is 5.89. The van der Waals surface area contributed by atoms with Gasteiger partial charge >= 0.3 is 0 Å². The minimum Gasteiger partial charge on any atom is -0.376 e. The van der Waals surface area contributed by atoms with Crippen molar-refractivity contribution in [2.45, 2.75) is 25.0 Å². The number of hydrogen-bond donors (Lipinski definition) is 1. The van der Waals surface area contributed by atoms with Crippen LogP contribution in [0.5, 0.6) is 0 Å². The van der Waals surface area contributed by atoms with Gasteiger partial charge in [0.15, 0.2) is 0 Å². The van der Waals surface area contributed by atoms with Crippen LogP contribution in [0.1, 0.15) is 13.3 Å². The van der Waals surface area contributed by atoms with Gasteiger partial charge in [-0.05, 0) is 13.3 Å². The summed E-state index contributed by atoms with van der Waals surface area (Å²) in [7, 11) is 0. The molecule has 9 heavy (non-hydrogen) atoms. The van der Waals surface area contributed by atoms with Crippen LogP contribution >= 0.6 is 22.6 Å². The van der Waals surface area contributed by atoms with Gasteiger partial charge in [0.05, 0.1) is 18.2 Å². The van der Waals surface area contributed by atoms with Crippen LogP contribution in [0.3, 0.4) is 0 Å². The zero-order chi connectivity index (χ0) is 6.91. The van der Waals surface area contributed by atoms with Crippen molar-refractivity contribution >= 4 is 22.6 Å². The Balaban J connectivity index is 2.45. The molecule has 1 rings (SSSR count). The third-order valence-electron chi connectivity index (χ3n) is 1.62. The second kappa shape index (κ2) is 2.72. The quantitative estimate of drug-likeness (QED) is 0.547. The molecule has 0 aliphatic carbocycles. The van der Waals surface area contributed by atoms with E-state index in [1.165, 1.54) is 0 Å². The average Bonchev–Trinajstić information content (AvgIpc) is 2.13. The van der Waals surface area contributed by atoms with Crippen molar-refractivity contribution in [2.24, 2.45) is 5.73 Å². The van der Waals surface area contributed by atoms with Crippen LogP contribution in [0.15, 0.2) is 0 Å². The maximum Gasteiger partial charge on any atom is 0.0658 e. The smallest absolute Gasteiger partial charge is 0.0658 e. The summed E-state index contributed by atoms with van der Waals surface area (Å²) in [5, 5.41) is 0. The Morgan fingerprint density at radius 3 is 2.78 bits per heavy atom. The summed E-state index contributed by atoms with van der Waals surface area (Å²) in [4.78, 5) is 0. The maximum atomic E-state index is 5.92. The second-order valence-electron chi connectivity index (χ2n) is 2.82. The molecule has 0 aromatic rings. The number of alkyl halides is 1. The lowest BCUT2D eigenvalue weighted by atomic mass is 10.0. The topological polar surface area (TPSA) is 35.2 Å². The van der Waals surface area contributed by atoms with Crippen molar-refractivity contribution in [3.8, 4) is 0 Å². The van der Waals surface area contributed by atoms with Crippen molar-refractivity contribution < 1.29 is 4.74 Å². The van der Waals surface area contributed by atoms with E-state index in [-0.39, 0.29) is 5.54 Å². The van der Waals surface area contributed by atoms with Crippen LogP contribution in [0.25, 0.3) is 0 Å². The molecule has 3 heteroatoms. The summed E-state index contributed by atoms with van der Waals surface area (Å²) < 4.78 is 6.32. The largest absolute Gasteiger partial charge is 0.376 e. The fourth-order valence-corrected chi connectivity index (χ4v) is 1.62. The first-order valence-corrected chi connectivity index (χ1v) is 4.65. The van der Waals surface area contributed by atoms with E-state index in [9.17, 15) is 0 Å². The molecule has 0 spiro atoms. The van der Waals surface area contributed by atoms with Gasteiger partial charge in [0.2, 0.25) is 0 Å². The zero-order valence-corrected chi connectivity index (χ0v) is 7.72. The van der Waals surface area contributed by atoms with Crippen LogP contribution in [0.4, 0.5) is 0 Å². The lowest BCUT2D eigenvalue weighted by Crippen LogP contribution is -2.42. The van der Waals surface area contributed by atoms with E-state index in [0.29, 0.717) is 6.10 Å². The van der Waals surface area contributed by atoms with Gasteiger partial charge in [-0.25, -0.2) is 0 Å². The molecular weight excluding hydrogens is 229 g/mol. The predicted octanol–water partition coefficient (Wildman–Crippen LogP) is 0.928. The summed E-state index contributed by atoms with van der Waals surface area (Å²) in [6, 6.07) is 0. The summed E-state index contributed by atoms with van der Waals surface area (Å²) >= 11 is 2.31. The first-order valence-electron chi connectivity index (χ1n) is 3.13. The van der Waals surface area contributed by atoms with Crippen LogP contribution in [0, 0.1) is 0 Å². The lowest BCUT2D eigenvalue weighted by molar-refractivity contribution is 0.119. The van der Waals surface area contributed by atoms with Gasteiger partial charge in [-0.15, -0.1) is 0 Å². The van der Waals surface area contributed by atoms with Crippen molar-refractivity contribution in [1.82, 2.24) is 0 Å². The second-order valence-corrected chi connectivity index (χ2v) is 3.58. The molecule has 1 saturated heterocycles. The van der Waals surface area contributed by atoms with Gasteiger partial charge in [0, 0.05) is 4.43 Å². The van der Waals surface area contributed by atoms with E-state index < -0.39 is 0 Å². The molecule has 0 radical (unpaired) electrons. The zero-order valence-electron chi connectivity index (χ0n) is 5.56. The first-order chi connectivity index (χ1) is 4.16. The Bertz CT molecular complexity index is 109. The van der Waals surface area contributed by atoms with Crippen molar-refractivity contribution in [1.29, 1.82) is 0 Å². The lowest BCUT2D eigenvalue weighted by Gasteiger charge is -2.17. The van der Waals surface area contributed by atoms with Gasteiger partial charge in [0.1, 0.15) is 0 Å². The van der Waals surface area contributed by atoms with E-state index in [1.54, 1.807) is 0 Å². The van der Waals surface area contributed by atoms with E-state index >= 15 is 0 Å². The molecule has 0 amide bonds. The van der Waals surface area contributed by atoms with Gasteiger partial charge in [0.25, 0.3) is 0 Å². The summed E-state index contributed by atoms with van der Waals surface area (Å²) in [6.07, 6.45) is 1.38. The molecular formula is C6H12INO. The van der Waals surface area contributed by atoms with Crippen LogP contribution < -0.4 is 5.73 Å². The molecule has 0 aromatic carbocycles. The Hall–Kier alpha value is 0.650. The fourth-order valence-electron chi connectivity index (χ4n) is 1.09. The Morgan fingerprint density at radius 2 is 2.56 bits per heavy atom. The van der Waals surface area contributed by atoms with Gasteiger partial charge < -0.3 is 10.5 Å². The van der Waals surface area contributed by atoms with Crippen LogP contribution in [-0.2, 0) is 4.74 Å². The Morgan fingerprint density at radius 1 is 1.89 bits per heavy atom. The first kappa shape index (κ1) is 7.75. The normalized spacial score (nSPS) is 43.7. The monoisotopic (exact) mass is 241 g/mol. The number of rotatable bonds is 1. The Labute approximate surface area is 69.3 Å². The van der Waals surface area contributed by atoms with Gasteiger partial charge in [-0.2, -0.15) is 0 Å². The number of hydrogen-bond acceptors (Lipinski definition) is 2. The van der Waals surface area contributed by atoms with Crippen molar-refractivity contribution in [3.05, 3.63) is 0 Å². The molecule has 2 unspecified atom stereocenters. The highest BCUT2D eigenvalue weighted by molar-refractivity contribution is 14.1. The highest BCUT2D eigenvalue weighted by Gasteiger charge is 2.33. The number of ether oxygens (including phenoxy) is 1. The molecule has 1 fully saturated rings. The number of nitrogens with two attached hydrogens (primary N) is 1. The molecule has 2 nitrogen and oxygen atoms in total. The van der Waals surface area contributed by atoms with Gasteiger partial charge in [-0.3, -0.25) is 0 Å². The summed E-state index contributed by atoms with van der Waals surface area (Å²) in [6.45, 7) is 2.80. The molecule has 2 N–H and O–H groups in total. The molecule has 1 aliphatic rings. The highest BCUT2D eigenvalue weighted by Crippen LogP contribution is 2.22. The predicted molar refractivity (Wildman–Crippen MR) is 45.8 cm³/mol. The molecule has 2 atom stereocenters. The van der Waals surface area contributed by atoms with Crippen molar-refractivity contribution in [2.75, 3.05) is 11.0 Å². The van der Waals surface area contributed by atoms with Crippen molar-refractivity contribution in [3.63, 3.8) is 0 Å². The van der Waals surface area contributed by atoms with Crippen LogP contribution in [0.2, 0.25) is 0 Å². The summed E-state index contributed by atoms with van der Waals surface area (Å²) in [5.74, 6) is 0. The van der Waals surface area contributed by atoms with E-state index in [1.807, 2.05) is 0 Å².